The number of hydrogen-bond acceptors (Lipinski definition) is 7. The number of ketones is 1. The van der Waals surface area contributed by atoms with Gasteiger partial charge in [0.05, 0.1) is 24.0 Å². The number of cyclic esters (lactones) is 1. The number of allylic oxidation sites excluding steroid dienone is 1. The lowest BCUT2D eigenvalue weighted by molar-refractivity contribution is -0.154. The van der Waals surface area contributed by atoms with Crippen molar-refractivity contribution in [1.82, 2.24) is 4.98 Å². The predicted molar refractivity (Wildman–Crippen MR) is 131 cm³/mol. The summed E-state index contributed by atoms with van der Waals surface area (Å²) in [5, 5.41) is 21.5. The molecule has 34 heavy (non-hydrogen) atoms. The number of carbonyl (C=O) groups is 2. The summed E-state index contributed by atoms with van der Waals surface area (Å²) in [7, 11) is 0. The van der Waals surface area contributed by atoms with E-state index in [0.29, 0.717) is 23.8 Å². The Balaban J connectivity index is 2.30. The van der Waals surface area contributed by atoms with E-state index in [9.17, 15) is 19.8 Å². The van der Waals surface area contributed by atoms with E-state index in [-0.39, 0.29) is 18.1 Å². The lowest BCUT2D eigenvalue weighted by Crippen LogP contribution is -2.45. The summed E-state index contributed by atoms with van der Waals surface area (Å²) in [4.78, 5) is 30.3. The average molecular weight is 476 g/mol. The molecule has 1 aliphatic rings. The molecule has 1 aromatic rings. The van der Waals surface area contributed by atoms with Crippen LogP contribution in [0.15, 0.2) is 22.1 Å². The lowest BCUT2D eigenvalue weighted by atomic mass is 9.73. The maximum absolute atomic E-state index is 13.1. The first-order valence-electron chi connectivity index (χ1n) is 12.2. The predicted octanol–water partition coefficient (Wildman–Crippen LogP) is 4.72. The third-order valence-corrected chi connectivity index (χ3v) is 6.97. The number of nitrogens with zero attached hydrogens (tertiary/aromatic N) is 1. The Morgan fingerprint density at radius 1 is 1.18 bits per heavy atom. The normalized spacial score (nSPS) is 31.2. The Labute approximate surface area is 203 Å². The van der Waals surface area contributed by atoms with E-state index < -0.39 is 35.6 Å². The number of aromatic nitrogens is 1. The first kappa shape index (κ1) is 28.0. The Hall–Kier alpha value is -2.25. The number of aliphatic hydroxyl groups excluding tert-OH is 2. The summed E-state index contributed by atoms with van der Waals surface area (Å²) >= 11 is 0. The van der Waals surface area contributed by atoms with Crippen LogP contribution in [0.4, 0.5) is 0 Å². The standard InChI is InChI=1S/C27H41NO6/c1-16-12-10-8-9-11-13-22(17(2)14-21-19(4)33-20(5)28-21)34-24(30)15-23(29)27(6,7)26(32)18(3)25(16)31/h9,11,14,16,18,22-23,25,29,31H,8,10,12-13,15H2,1-7H3/b11-9-,17-14+/t16-,18+,22-,23-,25-/m0/s1. The molecule has 0 fully saturated rings. The highest BCUT2D eigenvalue weighted by molar-refractivity contribution is 5.88. The Morgan fingerprint density at radius 3 is 2.47 bits per heavy atom. The van der Waals surface area contributed by atoms with Crippen LogP contribution in [-0.4, -0.2) is 45.3 Å². The van der Waals surface area contributed by atoms with Crippen LogP contribution in [0.1, 0.15) is 84.1 Å². The van der Waals surface area contributed by atoms with Gasteiger partial charge in [-0.05, 0) is 50.7 Å². The van der Waals surface area contributed by atoms with Crippen LogP contribution in [0.25, 0.3) is 6.08 Å². The van der Waals surface area contributed by atoms with Crippen LogP contribution in [-0.2, 0) is 14.3 Å². The fraction of sp³-hybridized carbons (Fsp3) is 0.667. The molecule has 0 spiro atoms. The Kier molecular flexibility index (Phi) is 9.83. The first-order valence-corrected chi connectivity index (χ1v) is 12.2. The molecule has 0 unspecified atom stereocenters. The maximum atomic E-state index is 13.1. The molecule has 190 valence electrons. The molecule has 0 amide bonds. The van der Waals surface area contributed by atoms with Gasteiger partial charge < -0.3 is 19.4 Å². The van der Waals surface area contributed by atoms with Gasteiger partial charge in [0.2, 0.25) is 0 Å². The number of carbonyl (C=O) groups excluding carboxylic acids is 2. The second kappa shape index (κ2) is 11.9. The van der Waals surface area contributed by atoms with Gasteiger partial charge in [0.25, 0.3) is 0 Å². The third kappa shape index (κ3) is 7.12. The molecule has 2 rings (SSSR count). The molecular weight excluding hydrogens is 434 g/mol. The fourth-order valence-electron chi connectivity index (χ4n) is 4.40. The molecule has 7 heteroatoms. The number of oxazole rings is 1. The molecular formula is C27H41NO6. The van der Waals surface area contributed by atoms with E-state index in [2.05, 4.69) is 11.1 Å². The smallest absolute Gasteiger partial charge is 0.309 e. The molecule has 0 bridgehead atoms. The minimum Gasteiger partial charge on any atom is -0.457 e. The van der Waals surface area contributed by atoms with Crippen molar-refractivity contribution in [3.63, 3.8) is 0 Å². The van der Waals surface area contributed by atoms with Gasteiger partial charge in [-0.2, -0.15) is 0 Å². The number of ether oxygens (including phenoxy) is 1. The quantitative estimate of drug-likeness (QED) is 0.470. The molecule has 0 radical (unpaired) electrons. The summed E-state index contributed by atoms with van der Waals surface area (Å²) in [6.07, 6.45) is 6.00. The van der Waals surface area contributed by atoms with Crippen molar-refractivity contribution in [2.75, 3.05) is 0 Å². The summed E-state index contributed by atoms with van der Waals surface area (Å²) in [5.41, 5.74) is 0.299. The van der Waals surface area contributed by atoms with E-state index in [1.807, 2.05) is 32.9 Å². The molecule has 0 saturated carbocycles. The summed E-state index contributed by atoms with van der Waals surface area (Å²) in [6, 6.07) is 0. The molecule has 2 N–H and O–H groups in total. The van der Waals surface area contributed by atoms with Gasteiger partial charge in [0.1, 0.15) is 23.3 Å². The second-order valence-electron chi connectivity index (χ2n) is 10.2. The largest absolute Gasteiger partial charge is 0.457 e. The van der Waals surface area contributed by atoms with Crippen LogP contribution in [0.2, 0.25) is 0 Å². The molecule has 7 nitrogen and oxygen atoms in total. The van der Waals surface area contributed by atoms with Crippen molar-refractivity contribution in [3.8, 4) is 0 Å². The third-order valence-electron chi connectivity index (χ3n) is 6.97. The van der Waals surface area contributed by atoms with Gasteiger partial charge >= 0.3 is 5.97 Å². The zero-order valence-corrected chi connectivity index (χ0v) is 21.6. The number of Topliss-reactive ketones (excluding diaryl/α,β-unsaturated/α-hetero) is 1. The summed E-state index contributed by atoms with van der Waals surface area (Å²) in [5.74, 6) is -0.288. The van der Waals surface area contributed by atoms with E-state index >= 15 is 0 Å². The Bertz CT molecular complexity index is 912. The van der Waals surface area contributed by atoms with Crippen LogP contribution in [0, 0.1) is 31.1 Å². The van der Waals surface area contributed by atoms with E-state index in [0.717, 1.165) is 24.8 Å². The minimum absolute atomic E-state index is 0.0507. The number of aryl methyl sites for hydroxylation is 2. The van der Waals surface area contributed by atoms with Gasteiger partial charge in [-0.25, -0.2) is 4.98 Å². The molecule has 1 aliphatic heterocycles. The average Bonchev–Trinajstić information content (AvgIpc) is 3.08. The monoisotopic (exact) mass is 475 g/mol. The van der Waals surface area contributed by atoms with Gasteiger partial charge in [-0.1, -0.05) is 39.8 Å². The number of aliphatic hydroxyl groups is 2. The van der Waals surface area contributed by atoms with E-state index in [4.69, 9.17) is 9.15 Å². The molecule has 5 atom stereocenters. The van der Waals surface area contributed by atoms with Gasteiger partial charge in [-0.15, -0.1) is 0 Å². The zero-order chi connectivity index (χ0) is 25.6. The highest BCUT2D eigenvalue weighted by atomic mass is 16.5. The van der Waals surface area contributed by atoms with Crippen molar-refractivity contribution in [1.29, 1.82) is 0 Å². The fourth-order valence-corrected chi connectivity index (χ4v) is 4.40. The van der Waals surface area contributed by atoms with Crippen molar-refractivity contribution >= 4 is 17.8 Å². The summed E-state index contributed by atoms with van der Waals surface area (Å²) < 4.78 is 11.3. The number of rotatable bonds is 2. The van der Waals surface area contributed by atoms with E-state index in [1.54, 1.807) is 27.7 Å². The van der Waals surface area contributed by atoms with Crippen molar-refractivity contribution in [2.45, 2.75) is 98.9 Å². The molecule has 2 heterocycles. The molecule has 0 aliphatic carbocycles. The Morgan fingerprint density at radius 2 is 1.85 bits per heavy atom. The van der Waals surface area contributed by atoms with Crippen LogP contribution >= 0.6 is 0 Å². The minimum atomic E-state index is -1.23. The SMILES string of the molecule is C/C(=C\c1nc(C)oc1C)[C@@H]1C/C=C\CCC[C@H](C)[C@H](O)[C@@H](C)C(=O)C(C)(C)[C@@H](O)CC(=O)O1. The molecule has 0 saturated heterocycles. The first-order chi connectivity index (χ1) is 15.8. The van der Waals surface area contributed by atoms with Crippen molar-refractivity contribution in [2.24, 2.45) is 17.3 Å². The van der Waals surface area contributed by atoms with Crippen LogP contribution in [0.5, 0.6) is 0 Å². The molecule has 0 aromatic carbocycles. The van der Waals surface area contributed by atoms with E-state index in [1.165, 1.54) is 0 Å². The van der Waals surface area contributed by atoms with Crippen LogP contribution < -0.4 is 0 Å². The summed E-state index contributed by atoms with van der Waals surface area (Å²) in [6.45, 7) is 12.4. The van der Waals surface area contributed by atoms with Crippen molar-refractivity contribution in [3.05, 3.63) is 35.1 Å². The van der Waals surface area contributed by atoms with Gasteiger partial charge in [0.15, 0.2) is 5.89 Å². The lowest BCUT2D eigenvalue weighted by Gasteiger charge is -2.34. The van der Waals surface area contributed by atoms with Gasteiger partial charge in [0, 0.05) is 19.3 Å². The highest BCUT2D eigenvalue weighted by Gasteiger charge is 2.42. The number of hydrogen-bond donors (Lipinski definition) is 2. The van der Waals surface area contributed by atoms with Crippen molar-refractivity contribution < 1.29 is 29.0 Å². The second-order valence-corrected chi connectivity index (χ2v) is 10.2. The topological polar surface area (TPSA) is 110 Å². The van der Waals surface area contributed by atoms with Gasteiger partial charge in [-0.3, -0.25) is 9.59 Å². The highest BCUT2D eigenvalue weighted by Crippen LogP contribution is 2.32. The molecule has 1 aromatic heterocycles. The van der Waals surface area contributed by atoms with Crippen LogP contribution in [0.3, 0.4) is 0 Å². The number of esters is 1. The zero-order valence-electron chi connectivity index (χ0n) is 21.6. The maximum Gasteiger partial charge on any atom is 0.309 e.